The second-order valence-electron chi connectivity index (χ2n) is 3.94. The number of carbonyl (C=O) groups is 1. The highest BCUT2D eigenvalue weighted by Crippen LogP contribution is 2.28. The molecule has 0 aliphatic carbocycles. The van der Waals surface area contributed by atoms with E-state index in [0.29, 0.717) is 11.3 Å². The van der Waals surface area contributed by atoms with Gasteiger partial charge in [0.05, 0.1) is 14.8 Å². The standard InChI is InChI=1S/C14H9BrINO3/c15-10-5-9(13(18)12(16)6-10)7-17-11-3-1-8(2-4-11)14(19)20/h1-7,18H,(H,19,20). The average Bonchev–Trinajstić information content (AvgIpc) is 2.41. The third kappa shape index (κ3) is 3.57. The summed E-state index contributed by atoms with van der Waals surface area (Å²) < 4.78 is 1.57. The van der Waals surface area contributed by atoms with Gasteiger partial charge in [0, 0.05) is 16.3 Å². The first kappa shape index (κ1) is 15.0. The molecule has 0 amide bonds. The second-order valence-corrected chi connectivity index (χ2v) is 6.01. The highest BCUT2D eigenvalue weighted by Gasteiger charge is 2.05. The zero-order valence-corrected chi connectivity index (χ0v) is 13.8. The van der Waals surface area contributed by atoms with E-state index in [1.165, 1.54) is 18.3 Å². The van der Waals surface area contributed by atoms with Crippen molar-refractivity contribution >= 4 is 56.4 Å². The molecule has 0 heterocycles. The van der Waals surface area contributed by atoms with Crippen LogP contribution in [0.2, 0.25) is 0 Å². The Hall–Kier alpha value is -1.41. The van der Waals surface area contributed by atoms with Crippen LogP contribution < -0.4 is 0 Å². The molecule has 20 heavy (non-hydrogen) atoms. The van der Waals surface area contributed by atoms with Crippen LogP contribution in [0.15, 0.2) is 45.9 Å². The van der Waals surface area contributed by atoms with Crippen LogP contribution in [0.1, 0.15) is 15.9 Å². The van der Waals surface area contributed by atoms with Crippen molar-refractivity contribution in [2.24, 2.45) is 4.99 Å². The SMILES string of the molecule is O=C(O)c1ccc(N=Cc2cc(Br)cc(I)c2O)cc1. The molecule has 4 nitrogen and oxygen atoms in total. The van der Waals surface area contributed by atoms with Crippen molar-refractivity contribution < 1.29 is 15.0 Å². The van der Waals surface area contributed by atoms with Gasteiger partial charge in [-0.15, -0.1) is 0 Å². The fourth-order valence-electron chi connectivity index (χ4n) is 1.52. The van der Waals surface area contributed by atoms with Crippen LogP contribution in [0.5, 0.6) is 5.75 Å². The summed E-state index contributed by atoms with van der Waals surface area (Å²) in [6.45, 7) is 0. The number of nitrogens with zero attached hydrogens (tertiary/aromatic N) is 1. The molecule has 6 heteroatoms. The molecule has 2 aromatic rings. The number of aliphatic imine (C=N–C) groups is 1. The van der Waals surface area contributed by atoms with Crippen LogP contribution in [0.4, 0.5) is 5.69 Å². The summed E-state index contributed by atoms with van der Waals surface area (Å²) in [6.07, 6.45) is 1.54. The number of halogens is 2. The molecular formula is C14H9BrINO3. The number of aromatic carboxylic acids is 1. The predicted molar refractivity (Wildman–Crippen MR) is 89.2 cm³/mol. The number of carboxylic acid groups (broad SMARTS) is 1. The summed E-state index contributed by atoms with van der Waals surface area (Å²) in [7, 11) is 0. The Balaban J connectivity index is 2.27. The van der Waals surface area contributed by atoms with Gasteiger partial charge in [-0.05, 0) is 59.0 Å². The first-order chi connectivity index (χ1) is 9.47. The number of aromatic hydroxyl groups is 1. The molecule has 0 spiro atoms. The monoisotopic (exact) mass is 445 g/mol. The van der Waals surface area contributed by atoms with E-state index in [1.54, 1.807) is 24.3 Å². The molecule has 0 bridgehead atoms. The number of benzene rings is 2. The van der Waals surface area contributed by atoms with Crippen molar-refractivity contribution in [1.29, 1.82) is 0 Å². The highest BCUT2D eigenvalue weighted by atomic mass is 127. The zero-order valence-electron chi connectivity index (χ0n) is 10.0. The maximum Gasteiger partial charge on any atom is 0.335 e. The number of hydrogen-bond acceptors (Lipinski definition) is 3. The fraction of sp³-hybridized carbons (Fsp3) is 0. The minimum absolute atomic E-state index is 0.166. The van der Waals surface area contributed by atoms with E-state index in [4.69, 9.17) is 5.11 Å². The Labute approximate surface area is 137 Å². The Bertz CT molecular complexity index is 684. The smallest absolute Gasteiger partial charge is 0.335 e. The fourth-order valence-corrected chi connectivity index (χ4v) is 3.07. The van der Waals surface area contributed by atoms with E-state index in [2.05, 4.69) is 20.9 Å². The van der Waals surface area contributed by atoms with Crippen LogP contribution in [0.25, 0.3) is 0 Å². The minimum Gasteiger partial charge on any atom is -0.506 e. The van der Waals surface area contributed by atoms with Gasteiger partial charge in [0.15, 0.2) is 0 Å². The molecule has 2 rings (SSSR count). The molecule has 2 aromatic carbocycles. The Morgan fingerprint density at radius 3 is 2.50 bits per heavy atom. The lowest BCUT2D eigenvalue weighted by atomic mass is 10.2. The normalized spacial score (nSPS) is 10.9. The lowest BCUT2D eigenvalue weighted by molar-refractivity contribution is 0.0697. The van der Waals surface area contributed by atoms with Gasteiger partial charge >= 0.3 is 5.97 Å². The number of hydrogen-bond donors (Lipinski definition) is 2. The molecule has 0 radical (unpaired) electrons. The van der Waals surface area contributed by atoms with E-state index in [0.717, 1.165) is 8.04 Å². The summed E-state index contributed by atoms with van der Waals surface area (Å²) in [5.41, 5.74) is 1.42. The van der Waals surface area contributed by atoms with E-state index < -0.39 is 5.97 Å². The lowest BCUT2D eigenvalue weighted by Gasteiger charge is -2.03. The molecule has 2 N–H and O–H groups in total. The summed E-state index contributed by atoms with van der Waals surface area (Å²) in [5, 5.41) is 18.7. The van der Waals surface area contributed by atoms with Crippen molar-refractivity contribution in [2.45, 2.75) is 0 Å². The van der Waals surface area contributed by atoms with E-state index in [1.807, 2.05) is 22.6 Å². The number of carboxylic acids is 1. The number of phenolic OH excluding ortho intramolecular Hbond substituents is 1. The largest absolute Gasteiger partial charge is 0.506 e. The van der Waals surface area contributed by atoms with Gasteiger partial charge in [0.25, 0.3) is 0 Å². The second kappa shape index (κ2) is 6.36. The average molecular weight is 446 g/mol. The van der Waals surface area contributed by atoms with Crippen molar-refractivity contribution in [1.82, 2.24) is 0 Å². The maximum absolute atomic E-state index is 10.7. The summed E-state index contributed by atoms with van der Waals surface area (Å²) in [5.74, 6) is -0.806. The van der Waals surface area contributed by atoms with E-state index >= 15 is 0 Å². The minimum atomic E-state index is -0.972. The third-order valence-corrected chi connectivity index (χ3v) is 3.80. The maximum atomic E-state index is 10.7. The lowest BCUT2D eigenvalue weighted by Crippen LogP contribution is -1.94. The molecular weight excluding hydrogens is 437 g/mol. The molecule has 0 aliphatic rings. The van der Waals surface area contributed by atoms with E-state index in [9.17, 15) is 9.90 Å². The Morgan fingerprint density at radius 2 is 1.90 bits per heavy atom. The highest BCUT2D eigenvalue weighted by molar-refractivity contribution is 14.1. The van der Waals surface area contributed by atoms with Gasteiger partial charge in [0.2, 0.25) is 0 Å². The first-order valence-electron chi connectivity index (χ1n) is 5.53. The Kier molecular flexibility index (Phi) is 4.77. The molecule has 0 aromatic heterocycles. The molecule has 0 fully saturated rings. The number of phenols is 1. The predicted octanol–water partition coefficient (Wildman–Crippen LogP) is 4.21. The first-order valence-corrected chi connectivity index (χ1v) is 7.40. The van der Waals surface area contributed by atoms with Gasteiger partial charge in [-0.1, -0.05) is 15.9 Å². The van der Waals surface area contributed by atoms with Crippen molar-refractivity contribution in [3.63, 3.8) is 0 Å². The molecule has 0 saturated heterocycles. The van der Waals surface area contributed by atoms with Crippen molar-refractivity contribution in [3.05, 3.63) is 55.6 Å². The Morgan fingerprint density at radius 1 is 1.25 bits per heavy atom. The van der Waals surface area contributed by atoms with Gasteiger partial charge in [-0.3, -0.25) is 4.99 Å². The molecule has 0 aliphatic heterocycles. The van der Waals surface area contributed by atoms with Gasteiger partial charge in [0.1, 0.15) is 5.75 Å². The van der Waals surface area contributed by atoms with E-state index in [-0.39, 0.29) is 11.3 Å². The number of rotatable bonds is 3. The van der Waals surface area contributed by atoms with Gasteiger partial charge in [-0.2, -0.15) is 0 Å². The quantitative estimate of drug-likeness (QED) is 0.549. The van der Waals surface area contributed by atoms with Crippen LogP contribution >= 0.6 is 38.5 Å². The summed E-state index contributed by atoms with van der Waals surface area (Å²) in [6, 6.07) is 9.75. The third-order valence-electron chi connectivity index (χ3n) is 2.52. The summed E-state index contributed by atoms with van der Waals surface area (Å²) in [4.78, 5) is 15.0. The van der Waals surface area contributed by atoms with Gasteiger partial charge in [-0.25, -0.2) is 4.79 Å². The van der Waals surface area contributed by atoms with Crippen LogP contribution in [0.3, 0.4) is 0 Å². The zero-order chi connectivity index (χ0) is 14.7. The van der Waals surface area contributed by atoms with Crippen LogP contribution in [0, 0.1) is 3.57 Å². The molecule has 0 atom stereocenters. The topological polar surface area (TPSA) is 69.9 Å². The van der Waals surface area contributed by atoms with Crippen LogP contribution in [-0.4, -0.2) is 22.4 Å². The summed E-state index contributed by atoms with van der Waals surface area (Å²) >= 11 is 5.39. The van der Waals surface area contributed by atoms with Crippen molar-refractivity contribution in [3.8, 4) is 5.75 Å². The van der Waals surface area contributed by atoms with Crippen LogP contribution in [-0.2, 0) is 0 Å². The molecule has 102 valence electrons. The molecule has 0 saturated carbocycles. The van der Waals surface area contributed by atoms with Crippen molar-refractivity contribution in [2.75, 3.05) is 0 Å². The van der Waals surface area contributed by atoms with Gasteiger partial charge < -0.3 is 10.2 Å². The molecule has 0 unspecified atom stereocenters.